The molecular weight excluding hydrogens is 316 g/mol. The summed E-state index contributed by atoms with van der Waals surface area (Å²) < 4.78 is 62.0. The Labute approximate surface area is 158 Å². The van der Waals surface area contributed by atoms with Crippen molar-refractivity contribution in [2.75, 3.05) is 20.8 Å². The molecule has 0 aliphatic carbocycles. The summed E-state index contributed by atoms with van der Waals surface area (Å²) in [4.78, 5) is 0. The standard InChI is InChI=1S/C21H28O4/c1-16-7-6-10-19(13-16)25-15-18(22)9-5-4-8-17-11-12-20(23-2)21(14-17)24-3/h6-7,10-14,18,22H,4-5,8-9,15H2,1-3H3/i3D3,8D2,18D. The predicted molar refractivity (Wildman–Crippen MR) is 99.8 cm³/mol. The van der Waals surface area contributed by atoms with Crippen LogP contribution >= 0.6 is 0 Å². The Morgan fingerprint density at radius 1 is 1.16 bits per heavy atom. The first-order chi connectivity index (χ1) is 14.3. The molecule has 0 saturated heterocycles. The van der Waals surface area contributed by atoms with E-state index in [1.807, 2.05) is 19.1 Å². The Hall–Kier alpha value is -2.20. The molecule has 4 heteroatoms. The lowest BCUT2D eigenvalue weighted by Gasteiger charge is -2.13. The second-order valence-corrected chi connectivity index (χ2v) is 5.67. The first-order valence-corrected chi connectivity index (χ1v) is 8.11. The molecule has 2 aromatic rings. The molecule has 136 valence electrons. The van der Waals surface area contributed by atoms with Gasteiger partial charge in [0.2, 0.25) is 0 Å². The van der Waals surface area contributed by atoms with Gasteiger partial charge in [-0.1, -0.05) is 24.6 Å². The summed E-state index contributed by atoms with van der Waals surface area (Å²) in [5.41, 5.74) is 1.22. The van der Waals surface area contributed by atoms with E-state index < -0.39 is 19.5 Å². The zero-order chi connectivity index (χ0) is 23.3. The Kier molecular flexibility index (Phi) is 4.85. The topological polar surface area (TPSA) is 47.9 Å². The van der Waals surface area contributed by atoms with E-state index in [0.717, 1.165) is 5.56 Å². The van der Waals surface area contributed by atoms with Gasteiger partial charge in [-0.2, -0.15) is 0 Å². The van der Waals surface area contributed by atoms with Gasteiger partial charge in [0.15, 0.2) is 11.5 Å². The van der Waals surface area contributed by atoms with Crippen LogP contribution in [0.2, 0.25) is 0 Å². The highest BCUT2D eigenvalue weighted by Crippen LogP contribution is 2.28. The van der Waals surface area contributed by atoms with E-state index >= 15 is 0 Å². The summed E-state index contributed by atoms with van der Waals surface area (Å²) in [5.74, 6) is 0.665. The maximum Gasteiger partial charge on any atom is 0.160 e. The normalized spacial score (nSPS) is 17.7. The minimum atomic E-state index is -2.70. The average molecular weight is 350 g/mol. The SMILES string of the molecule is [2H]C(O)(CCCC([2H])([2H])c1ccc(OC)c(OC([2H])([2H])[2H])c1)COc1cccc(C)c1. The van der Waals surface area contributed by atoms with Gasteiger partial charge < -0.3 is 19.3 Å². The van der Waals surface area contributed by atoms with Crippen LogP contribution in [-0.4, -0.2) is 31.9 Å². The Bertz CT molecular complexity index is 867. The van der Waals surface area contributed by atoms with Crippen LogP contribution in [0.15, 0.2) is 42.5 Å². The van der Waals surface area contributed by atoms with Crippen molar-refractivity contribution >= 4 is 0 Å². The summed E-state index contributed by atoms with van der Waals surface area (Å²) in [5, 5.41) is 10.3. The third kappa shape index (κ3) is 6.31. The van der Waals surface area contributed by atoms with Gasteiger partial charge in [-0.05, 0) is 61.5 Å². The second kappa shape index (κ2) is 9.94. The van der Waals surface area contributed by atoms with E-state index in [1.165, 1.54) is 25.3 Å². The monoisotopic (exact) mass is 350 g/mol. The van der Waals surface area contributed by atoms with Crippen LogP contribution in [0.25, 0.3) is 0 Å². The molecule has 0 aromatic heterocycles. The highest BCUT2D eigenvalue weighted by Gasteiger charge is 2.07. The molecule has 0 radical (unpaired) electrons. The summed E-state index contributed by atoms with van der Waals surface area (Å²) in [7, 11) is -1.33. The van der Waals surface area contributed by atoms with Gasteiger partial charge in [0.25, 0.3) is 0 Å². The van der Waals surface area contributed by atoms with Gasteiger partial charge >= 0.3 is 0 Å². The molecule has 0 spiro atoms. The van der Waals surface area contributed by atoms with Gasteiger partial charge in [0, 0.05) is 2.74 Å². The summed E-state index contributed by atoms with van der Waals surface area (Å²) in [6.45, 7) is 1.67. The number of aliphatic hydroxyl groups is 1. The maximum absolute atomic E-state index is 10.3. The third-order valence-corrected chi connectivity index (χ3v) is 3.64. The average Bonchev–Trinajstić information content (AvgIpc) is 2.65. The Balaban J connectivity index is 1.98. The van der Waals surface area contributed by atoms with Crippen molar-refractivity contribution in [1.29, 1.82) is 0 Å². The second-order valence-electron chi connectivity index (χ2n) is 5.67. The molecule has 4 nitrogen and oxygen atoms in total. The maximum atomic E-state index is 10.3. The van der Waals surface area contributed by atoms with E-state index in [1.54, 1.807) is 12.1 Å². The molecule has 2 aromatic carbocycles. The summed E-state index contributed by atoms with van der Waals surface area (Å²) >= 11 is 0. The molecule has 0 fully saturated rings. The van der Waals surface area contributed by atoms with Crippen LogP contribution in [0.1, 0.15) is 38.6 Å². The van der Waals surface area contributed by atoms with Crippen molar-refractivity contribution in [2.24, 2.45) is 0 Å². The van der Waals surface area contributed by atoms with Crippen molar-refractivity contribution in [2.45, 2.75) is 38.6 Å². The molecular formula is C21H28O4. The largest absolute Gasteiger partial charge is 0.493 e. The van der Waals surface area contributed by atoms with Crippen LogP contribution in [0, 0.1) is 6.92 Å². The Morgan fingerprint density at radius 2 is 2.04 bits per heavy atom. The molecule has 0 amide bonds. The van der Waals surface area contributed by atoms with Crippen molar-refractivity contribution in [1.82, 2.24) is 0 Å². The zero-order valence-electron chi connectivity index (χ0n) is 20.5. The van der Waals surface area contributed by atoms with Gasteiger partial charge in [-0.25, -0.2) is 0 Å². The smallest absolute Gasteiger partial charge is 0.160 e. The highest BCUT2D eigenvalue weighted by atomic mass is 16.5. The fourth-order valence-corrected chi connectivity index (χ4v) is 2.34. The lowest BCUT2D eigenvalue weighted by molar-refractivity contribution is 0.0976. The van der Waals surface area contributed by atoms with E-state index in [2.05, 4.69) is 0 Å². The number of rotatable bonds is 10. The molecule has 0 aliphatic heterocycles. The molecule has 1 unspecified atom stereocenters. The van der Waals surface area contributed by atoms with Crippen LogP contribution in [0.4, 0.5) is 0 Å². The number of methoxy groups -OCH3 is 2. The molecule has 2 rings (SSSR count). The predicted octanol–water partition coefficient (Wildman–Crippen LogP) is 4.16. The summed E-state index contributed by atoms with van der Waals surface area (Å²) in [6, 6.07) is 11.5. The zero-order valence-corrected chi connectivity index (χ0v) is 14.5. The van der Waals surface area contributed by atoms with Crippen LogP contribution in [0.5, 0.6) is 17.2 Å². The molecule has 25 heavy (non-hydrogen) atoms. The first-order valence-electron chi connectivity index (χ1n) is 11.1. The van der Waals surface area contributed by atoms with Gasteiger partial charge in [0.1, 0.15) is 12.4 Å². The number of aryl methyl sites for hydroxylation is 2. The lowest BCUT2D eigenvalue weighted by Crippen LogP contribution is -2.17. The van der Waals surface area contributed by atoms with E-state index in [-0.39, 0.29) is 42.9 Å². The number of benzene rings is 2. The number of hydrogen-bond donors (Lipinski definition) is 1. The lowest BCUT2D eigenvalue weighted by atomic mass is 10.0. The van der Waals surface area contributed by atoms with Gasteiger partial charge in [-0.3, -0.25) is 0 Å². The van der Waals surface area contributed by atoms with Gasteiger partial charge in [0.05, 0.1) is 25.7 Å². The van der Waals surface area contributed by atoms with Crippen LogP contribution in [0.3, 0.4) is 0 Å². The van der Waals surface area contributed by atoms with Crippen molar-refractivity contribution in [3.8, 4) is 17.2 Å². The highest BCUT2D eigenvalue weighted by molar-refractivity contribution is 5.42. The quantitative estimate of drug-likeness (QED) is 0.699. The minimum Gasteiger partial charge on any atom is -0.493 e. The molecule has 0 heterocycles. The minimum absolute atomic E-state index is 0.00705. The van der Waals surface area contributed by atoms with Crippen molar-refractivity contribution < 1.29 is 27.5 Å². The van der Waals surface area contributed by atoms with Crippen LogP contribution in [-0.2, 0) is 6.37 Å². The van der Waals surface area contributed by atoms with Crippen LogP contribution < -0.4 is 14.2 Å². The summed E-state index contributed by atoms with van der Waals surface area (Å²) in [6.07, 6.45) is -3.46. The number of hydrogen-bond acceptors (Lipinski definition) is 4. The fourth-order valence-electron chi connectivity index (χ4n) is 2.34. The molecule has 0 aliphatic rings. The molecule has 1 N–H and O–H groups in total. The first kappa shape index (κ1) is 12.2. The Morgan fingerprint density at radius 3 is 2.80 bits per heavy atom. The van der Waals surface area contributed by atoms with E-state index in [4.69, 9.17) is 22.4 Å². The molecule has 0 bridgehead atoms. The van der Waals surface area contributed by atoms with Gasteiger partial charge in [-0.15, -0.1) is 0 Å². The van der Waals surface area contributed by atoms with E-state index in [0.29, 0.717) is 5.75 Å². The fraction of sp³-hybridized carbons (Fsp3) is 0.429. The molecule has 1 atom stereocenters. The van der Waals surface area contributed by atoms with Crippen molar-refractivity contribution in [3.05, 3.63) is 53.6 Å². The van der Waals surface area contributed by atoms with Crippen molar-refractivity contribution in [3.63, 3.8) is 0 Å². The van der Waals surface area contributed by atoms with E-state index in [9.17, 15) is 5.11 Å². The third-order valence-electron chi connectivity index (χ3n) is 3.64. The number of ether oxygens (including phenoxy) is 3. The molecule has 0 saturated carbocycles.